The molecule has 3 rings (SSSR count). The van der Waals surface area contributed by atoms with Crippen LogP contribution in [-0.4, -0.2) is 26.1 Å². The average Bonchev–Trinajstić information content (AvgIpc) is 3.16. The maximum absolute atomic E-state index is 12.9. The van der Waals surface area contributed by atoms with Crippen LogP contribution in [0.5, 0.6) is 0 Å². The van der Waals surface area contributed by atoms with Gasteiger partial charge in [0.05, 0.1) is 12.2 Å². The number of nitrogens with one attached hydrogen (secondary N) is 1. The van der Waals surface area contributed by atoms with Crippen molar-refractivity contribution >= 4 is 5.91 Å². The second kappa shape index (κ2) is 4.75. The number of amides is 1. The van der Waals surface area contributed by atoms with Gasteiger partial charge in [0.1, 0.15) is 5.82 Å². The summed E-state index contributed by atoms with van der Waals surface area (Å²) in [7, 11) is 0. The maximum Gasteiger partial charge on any atom is 0.223 e. The molecule has 0 unspecified atom stereocenters. The molecule has 19 heavy (non-hydrogen) atoms. The van der Waals surface area contributed by atoms with Crippen molar-refractivity contribution in [3.8, 4) is 5.69 Å². The molecule has 1 saturated carbocycles. The molecule has 1 N–H and O–H groups in total. The lowest BCUT2D eigenvalue weighted by Gasteiger charge is -2.05. The number of nitrogens with zero attached hydrogens (tertiary/aromatic N) is 4. The van der Waals surface area contributed by atoms with Crippen LogP contribution in [0.25, 0.3) is 5.69 Å². The highest BCUT2D eigenvalue weighted by molar-refractivity contribution is 5.80. The van der Waals surface area contributed by atoms with Crippen molar-refractivity contribution in [2.24, 2.45) is 5.92 Å². The first-order valence-electron chi connectivity index (χ1n) is 6.05. The predicted molar refractivity (Wildman–Crippen MR) is 63.7 cm³/mol. The van der Waals surface area contributed by atoms with Crippen molar-refractivity contribution in [2.45, 2.75) is 19.4 Å². The number of benzene rings is 1. The van der Waals surface area contributed by atoms with E-state index in [9.17, 15) is 9.18 Å². The summed E-state index contributed by atoms with van der Waals surface area (Å²) < 4.78 is 14.3. The van der Waals surface area contributed by atoms with Gasteiger partial charge in [0, 0.05) is 5.92 Å². The van der Waals surface area contributed by atoms with E-state index in [1.807, 2.05) is 0 Å². The maximum atomic E-state index is 12.9. The predicted octanol–water partition coefficient (Wildman–Crippen LogP) is 0.828. The number of halogens is 1. The Kier molecular flexibility index (Phi) is 2.94. The van der Waals surface area contributed by atoms with Crippen molar-refractivity contribution in [3.63, 3.8) is 0 Å². The third-order valence-electron chi connectivity index (χ3n) is 2.97. The number of carbonyl (C=O) groups excluding carboxylic acids is 1. The van der Waals surface area contributed by atoms with Gasteiger partial charge >= 0.3 is 0 Å². The van der Waals surface area contributed by atoms with Crippen LogP contribution in [0.4, 0.5) is 4.39 Å². The van der Waals surface area contributed by atoms with Gasteiger partial charge < -0.3 is 5.32 Å². The van der Waals surface area contributed by atoms with Crippen molar-refractivity contribution < 1.29 is 9.18 Å². The van der Waals surface area contributed by atoms with Crippen LogP contribution in [0.1, 0.15) is 18.7 Å². The molecule has 0 spiro atoms. The van der Waals surface area contributed by atoms with Gasteiger partial charge in [-0.1, -0.05) is 0 Å². The van der Waals surface area contributed by atoms with Crippen molar-refractivity contribution in [1.29, 1.82) is 0 Å². The Labute approximate surface area is 108 Å². The van der Waals surface area contributed by atoms with E-state index in [2.05, 4.69) is 20.8 Å². The molecule has 1 heterocycles. The smallest absolute Gasteiger partial charge is 0.223 e. The minimum Gasteiger partial charge on any atom is -0.348 e. The minimum atomic E-state index is -0.319. The van der Waals surface area contributed by atoms with E-state index in [4.69, 9.17) is 0 Å². The number of carbonyl (C=O) groups is 1. The molecule has 1 aliphatic carbocycles. The summed E-state index contributed by atoms with van der Waals surface area (Å²) in [5, 5.41) is 14.1. The molecular weight excluding hydrogens is 249 g/mol. The van der Waals surface area contributed by atoms with E-state index >= 15 is 0 Å². The fourth-order valence-electron chi connectivity index (χ4n) is 1.75. The highest BCUT2D eigenvalue weighted by Crippen LogP contribution is 2.28. The number of aromatic nitrogens is 4. The summed E-state index contributed by atoms with van der Waals surface area (Å²) in [5.41, 5.74) is 0.655. The summed E-state index contributed by atoms with van der Waals surface area (Å²) in [6.07, 6.45) is 1.91. The Hall–Kier alpha value is -2.31. The molecule has 0 atom stereocenters. The van der Waals surface area contributed by atoms with Crippen LogP contribution in [0.2, 0.25) is 0 Å². The number of tetrazole rings is 1. The first-order valence-corrected chi connectivity index (χ1v) is 6.05. The SMILES string of the molecule is O=C(NCc1nnnn1-c1ccc(F)cc1)C1CC1. The normalized spacial score (nSPS) is 14.4. The second-order valence-electron chi connectivity index (χ2n) is 4.48. The van der Waals surface area contributed by atoms with Crippen LogP contribution in [0.3, 0.4) is 0 Å². The molecule has 6 nitrogen and oxygen atoms in total. The first kappa shape index (κ1) is 11.8. The fourth-order valence-corrected chi connectivity index (χ4v) is 1.75. The molecule has 1 aliphatic rings. The topological polar surface area (TPSA) is 72.7 Å². The highest BCUT2D eigenvalue weighted by atomic mass is 19.1. The van der Waals surface area contributed by atoms with Gasteiger partial charge in [0.2, 0.25) is 5.91 Å². The summed E-state index contributed by atoms with van der Waals surface area (Å²) in [6.45, 7) is 0.264. The molecule has 7 heteroatoms. The van der Waals surface area contributed by atoms with Gasteiger partial charge in [-0.2, -0.15) is 4.68 Å². The van der Waals surface area contributed by atoms with E-state index in [0.717, 1.165) is 12.8 Å². The zero-order chi connectivity index (χ0) is 13.2. The molecule has 0 bridgehead atoms. The Morgan fingerprint density at radius 2 is 2.11 bits per heavy atom. The second-order valence-corrected chi connectivity index (χ2v) is 4.48. The van der Waals surface area contributed by atoms with E-state index in [1.165, 1.54) is 16.8 Å². The van der Waals surface area contributed by atoms with Crippen molar-refractivity contribution in [1.82, 2.24) is 25.5 Å². The Morgan fingerprint density at radius 1 is 1.37 bits per heavy atom. The molecule has 2 aromatic rings. The third kappa shape index (κ3) is 2.59. The molecule has 1 fully saturated rings. The molecule has 1 aromatic heterocycles. The number of hydrogen-bond acceptors (Lipinski definition) is 4. The van der Waals surface area contributed by atoms with E-state index < -0.39 is 0 Å². The summed E-state index contributed by atoms with van der Waals surface area (Å²) in [6, 6.07) is 5.84. The van der Waals surface area contributed by atoms with Crippen LogP contribution >= 0.6 is 0 Å². The Balaban J connectivity index is 1.74. The molecular formula is C12H12FN5O. The van der Waals surface area contributed by atoms with Gasteiger partial charge in [-0.05, 0) is 47.5 Å². The quantitative estimate of drug-likeness (QED) is 0.884. The van der Waals surface area contributed by atoms with E-state index in [-0.39, 0.29) is 24.2 Å². The van der Waals surface area contributed by atoms with Gasteiger partial charge in [0.15, 0.2) is 5.82 Å². The lowest BCUT2D eigenvalue weighted by molar-refractivity contribution is -0.122. The van der Waals surface area contributed by atoms with Gasteiger partial charge in [0.25, 0.3) is 0 Å². The molecule has 98 valence electrons. The van der Waals surface area contributed by atoms with Crippen LogP contribution in [0, 0.1) is 11.7 Å². The Bertz CT molecular complexity index is 590. The number of rotatable bonds is 4. The first-order chi connectivity index (χ1) is 9.24. The van der Waals surface area contributed by atoms with Crippen molar-refractivity contribution in [2.75, 3.05) is 0 Å². The average molecular weight is 261 g/mol. The standard InChI is InChI=1S/C12H12FN5O/c13-9-3-5-10(6-4-9)18-11(15-16-17-18)7-14-12(19)8-1-2-8/h3-6,8H,1-2,7H2,(H,14,19). The molecule has 0 aliphatic heterocycles. The van der Waals surface area contributed by atoms with Gasteiger partial charge in [-0.25, -0.2) is 4.39 Å². The number of hydrogen-bond donors (Lipinski definition) is 1. The molecule has 0 radical (unpaired) electrons. The lowest BCUT2D eigenvalue weighted by Crippen LogP contribution is -2.25. The Morgan fingerprint density at radius 3 is 2.79 bits per heavy atom. The molecule has 1 amide bonds. The van der Waals surface area contributed by atoms with Crippen LogP contribution in [-0.2, 0) is 11.3 Å². The van der Waals surface area contributed by atoms with Crippen LogP contribution in [0.15, 0.2) is 24.3 Å². The van der Waals surface area contributed by atoms with Crippen molar-refractivity contribution in [3.05, 3.63) is 35.9 Å². The zero-order valence-corrected chi connectivity index (χ0v) is 10.1. The molecule has 1 aromatic carbocycles. The lowest BCUT2D eigenvalue weighted by atomic mass is 10.3. The van der Waals surface area contributed by atoms with E-state index in [1.54, 1.807) is 12.1 Å². The largest absolute Gasteiger partial charge is 0.348 e. The van der Waals surface area contributed by atoms with Gasteiger partial charge in [-0.3, -0.25) is 4.79 Å². The third-order valence-corrected chi connectivity index (χ3v) is 2.97. The highest BCUT2D eigenvalue weighted by Gasteiger charge is 2.29. The summed E-state index contributed by atoms with van der Waals surface area (Å²) >= 11 is 0. The van der Waals surface area contributed by atoms with Gasteiger partial charge in [-0.15, -0.1) is 5.10 Å². The zero-order valence-electron chi connectivity index (χ0n) is 10.1. The monoisotopic (exact) mass is 261 g/mol. The van der Waals surface area contributed by atoms with Crippen LogP contribution < -0.4 is 5.32 Å². The van der Waals surface area contributed by atoms with E-state index in [0.29, 0.717) is 11.5 Å². The minimum absolute atomic E-state index is 0.0358. The molecule has 0 saturated heterocycles. The summed E-state index contributed by atoms with van der Waals surface area (Å²) in [4.78, 5) is 11.6. The fraction of sp³-hybridized carbons (Fsp3) is 0.333. The summed E-state index contributed by atoms with van der Waals surface area (Å²) in [5.74, 6) is 0.379.